The van der Waals surface area contributed by atoms with Crippen LogP contribution < -0.4 is 29.1 Å². The summed E-state index contributed by atoms with van der Waals surface area (Å²) in [5, 5.41) is 4.31. The summed E-state index contributed by atoms with van der Waals surface area (Å²) in [6, 6.07) is 0. The van der Waals surface area contributed by atoms with Gasteiger partial charge in [0, 0.05) is 0 Å². The van der Waals surface area contributed by atoms with E-state index in [2.05, 4.69) is 36.1 Å². The third kappa shape index (κ3) is 33.9. The summed E-state index contributed by atoms with van der Waals surface area (Å²) in [5.74, 6) is 0. The topological polar surface area (TPSA) is 47.6 Å². The fourth-order valence-electron chi connectivity index (χ4n) is 4.91. The molecule has 0 heterocycles. The van der Waals surface area contributed by atoms with Crippen LogP contribution in [0.3, 0.4) is 0 Å². The van der Waals surface area contributed by atoms with Gasteiger partial charge in [-0.15, -0.1) is 0 Å². The van der Waals surface area contributed by atoms with Crippen molar-refractivity contribution in [2.24, 2.45) is 0 Å². The Kier molecular flexibility index (Phi) is 34.6. The van der Waals surface area contributed by atoms with E-state index in [-0.39, 0.29) is 24.0 Å². The number of unbranched alkanes of at least 4 members (excludes halogenated alkanes) is 22. The Labute approximate surface area is 272 Å². The van der Waals surface area contributed by atoms with Gasteiger partial charge in [0.25, 0.3) is 0 Å². The molecule has 0 unspecified atom stereocenters. The molecule has 0 saturated heterocycles. The van der Waals surface area contributed by atoms with Crippen LogP contribution in [0, 0.1) is 0 Å². The van der Waals surface area contributed by atoms with E-state index < -0.39 is 21.3 Å². The second kappa shape index (κ2) is 31.8. The van der Waals surface area contributed by atoms with Crippen LogP contribution in [0.4, 0.5) is 0 Å². The summed E-state index contributed by atoms with van der Waals surface area (Å²) >= 11 is -1.53. The number of hydrogen-bond acceptors (Lipinski definition) is 3. The zero-order chi connectivity index (χ0) is 28.9. The molecule has 0 aromatic carbocycles. The molecule has 0 aromatic heterocycles. The van der Waals surface area contributed by atoms with Gasteiger partial charge in [0.2, 0.25) is 0 Å². The Hall–Kier alpha value is 1.40. The molecule has 244 valence electrons. The first-order valence-electron chi connectivity index (χ1n) is 17.3. The van der Waals surface area contributed by atoms with Crippen LogP contribution in [0.5, 0.6) is 0 Å². The van der Waals surface area contributed by atoms with Crippen molar-refractivity contribution in [3.8, 4) is 0 Å². The molecule has 0 amide bonds. The Balaban J connectivity index is 0. The molecule has 0 fully saturated rings. The van der Waals surface area contributed by atoms with Crippen molar-refractivity contribution in [3.63, 3.8) is 0 Å². The van der Waals surface area contributed by atoms with Gasteiger partial charge in [-0.25, -0.2) is 0 Å². The summed E-state index contributed by atoms with van der Waals surface area (Å²) < 4.78 is 25.1. The second-order valence-electron chi connectivity index (χ2n) is 12.9. The van der Waals surface area contributed by atoms with Crippen LogP contribution >= 0.6 is 7.75 Å². The third-order valence-electron chi connectivity index (χ3n) is 7.61. The van der Waals surface area contributed by atoms with Crippen molar-refractivity contribution >= 4 is 21.3 Å². The predicted octanol–water partition coefficient (Wildman–Crippen LogP) is 9.46. The van der Waals surface area contributed by atoms with Crippen molar-refractivity contribution < 1.29 is 37.6 Å². The maximum absolute atomic E-state index is 13.4. The van der Waals surface area contributed by atoms with Crippen LogP contribution in [0.25, 0.3) is 0 Å². The summed E-state index contributed by atoms with van der Waals surface area (Å²) in [5.41, 5.74) is 7.14. The van der Waals surface area contributed by atoms with E-state index in [1.54, 1.807) is 0 Å². The van der Waals surface area contributed by atoms with E-state index in [4.69, 9.17) is 9.05 Å². The molecule has 0 radical (unpaired) electrons. The van der Waals surface area contributed by atoms with Gasteiger partial charge in [-0.05, 0) is 0 Å². The van der Waals surface area contributed by atoms with E-state index in [0.717, 1.165) is 37.4 Å². The summed E-state index contributed by atoms with van der Waals surface area (Å²) in [4.78, 5) is 0. The normalized spacial score (nSPS) is 12.1. The first-order valence-corrected chi connectivity index (χ1v) is 25.8. The van der Waals surface area contributed by atoms with Crippen molar-refractivity contribution in [1.82, 2.24) is 5.09 Å². The molecule has 0 aliphatic rings. The minimum atomic E-state index is -3.19. The molecule has 40 heavy (non-hydrogen) atoms. The Morgan fingerprint density at radius 2 is 0.775 bits per heavy atom. The Morgan fingerprint density at radius 1 is 0.500 bits per heavy atom. The van der Waals surface area contributed by atoms with E-state index in [9.17, 15) is 4.57 Å². The van der Waals surface area contributed by atoms with Gasteiger partial charge in [0.15, 0.2) is 0 Å². The summed E-state index contributed by atoms with van der Waals surface area (Å²) in [6.07, 6.45) is 31.6. The summed E-state index contributed by atoms with van der Waals surface area (Å²) in [6.45, 7) is 6.38. The molecule has 0 saturated carbocycles. The van der Waals surface area contributed by atoms with Crippen LogP contribution in [-0.4, -0.2) is 33.3 Å². The van der Waals surface area contributed by atoms with E-state index in [1.807, 2.05) is 0 Å². The number of hydrogen-bond donors (Lipinski definition) is 1. The molecule has 0 aliphatic carbocycles. The molecule has 0 spiro atoms. The van der Waals surface area contributed by atoms with Gasteiger partial charge in [0.1, 0.15) is 0 Å². The quantitative estimate of drug-likeness (QED) is 0.0321. The zero-order valence-corrected chi connectivity index (χ0v) is 32.7. The molecular weight excluding hydrogens is 691 g/mol. The average Bonchev–Trinajstić information content (AvgIpc) is 2.89. The van der Waals surface area contributed by atoms with Crippen LogP contribution in [0.2, 0.25) is 22.3 Å². The van der Waals surface area contributed by atoms with E-state index in [0.29, 0.717) is 13.2 Å². The van der Waals surface area contributed by atoms with Gasteiger partial charge in [-0.2, -0.15) is 0 Å². The van der Waals surface area contributed by atoms with Gasteiger partial charge in [0.05, 0.1) is 0 Å². The van der Waals surface area contributed by atoms with E-state index >= 15 is 0 Å². The zero-order valence-electron chi connectivity index (χ0n) is 27.8. The van der Waals surface area contributed by atoms with Crippen LogP contribution in [0.15, 0.2) is 0 Å². The van der Waals surface area contributed by atoms with Gasteiger partial charge >= 0.3 is 159 Å². The molecule has 7 heteroatoms. The predicted molar refractivity (Wildman–Crippen MR) is 178 cm³/mol. The van der Waals surface area contributed by atoms with E-state index in [1.165, 1.54) is 128 Å². The molecular formula is C33H72AsINO3P. The van der Waals surface area contributed by atoms with Crippen molar-refractivity contribution in [2.45, 2.75) is 190 Å². The molecule has 0 atom stereocenters. The van der Waals surface area contributed by atoms with Crippen LogP contribution in [-0.2, 0) is 13.6 Å². The standard InChI is InChI=1S/C33H72AsNO3P.HI/c1-6-8-10-12-14-16-18-20-22-24-26-28-32-37-39(36,35-31-30-34(3,4)5)38-33-29-27-25-23-21-19-17-15-13-11-9-7-2;/h6-33H2,1-5H3,(H,35,36);1H/q+1;/p-1. The third-order valence-corrected chi connectivity index (χ3v) is 12.5. The van der Waals surface area contributed by atoms with Gasteiger partial charge < -0.3 is 24.0 Å². The first-order chi connectivity index (χ1) is 18.8. The number of nitrogens with one attached hydrogen (secondary N) is 1. The fraction of sp³-hybridized carbons (Fsp3) is 1.00. The fourth-order valence-corrected chi connectivity index (χ4v) is 8.31. The first kappa shape index (κ1) is 43.5. The minimum absolute atomic E-state index is 0. The minimum Gasteiger partial charge on any atom is -1.00 e. The van der Waals surface area contributed by atoms with Crippen molar-refractivity contribution in [2.75, 3.05) is 19.8 Å². The molecule has 1 N–H and O–H groups in total. The number of rotatable bonds is 32. The molecule has 0 aromatic rings. The van der Waals surface area contributed by atoms with Gasteiger partial charge in [-0.3, -0.25) is 0 Å². The smallest absolute Gasteiger partial charge is 1.00 e. The molecule has 0 rings (SSSR count). The van der Waals surface area contributed by atoms with Crippen molar-refractivity contribution in [1.29, 1.82) is 0 Å². The SMILES string of the molecule is CCCCCCCCCCCCCCOP(=O)(NCC[As+](C)(C)C)OCCCCCCCCCCCCCC.[I-]. The second-order valence-corrected chi connectivity index (χ2v) is 25.2. The maximum atomic E-state index is 13.4. The molecule has 4 nitrogen and oxygen atoms in total. The van der Waals surface area contributed by atoms with Gasteiger partial charge in [-0.1, -0.05) is 90.9 Å². The van der Waals surface area contributed by atoms with Crippen LogP contribution in [0.1, 0.15) is 168 Å². The molecule has 0 aliphatic heterocycles. The van der Waals surface area contributed by atoms with Crippen molar-refractivity contribution in [3.05, 3.63) is 0 Å². The number of halogens is 1. The Bertz CT molecular complexity index is 514. The average molecular weight is 764 g/mol. The monoisotopic (exact) mass is 763 g/mol. The summed E-state index contributed by atoms with van der Waals surface area (Å²) in [7, 11) is -3.19. The Morgan fingerprint density at radius 3 is 1.05 bits per heavy atom. The molecule has 0 bridgehead atoms.